The van der Waals surface area contributed by atoms with Crippen LogP contribution in [0.5, 0.6) is 11.5 Å². The van der Waals surface area contributed by atoms with Crippen LogP contribution in [-0.4, -0.2) is 37.2 Å². The van der Waals surface area contributed by atoms with Crippen LogP contribution in [0.2, 0.25) is 0 Å². The first-order valence-electron chi connectivity index (χ1n) is 6.87. The molecule has 0 amide bonds. The fourth-order valence-electron chi connectivity index (χ4n) is 2.68. The Morgan fingerprint density at radius 3 is 2.89 bits per heavy atom. The standard InChI is InChI=1S/C15H21NO2/c1-3-12-7-16(8-12)9-13-10-17-14-5-4-11(2)6-15(14)18-13/h4-6,12-13H,3,7-10H2,1-2H3. The summed E-state index contributed by atoms with van der Waals surface area (Å²) < 4.78 is 11.8. The quantitative estimate of drug-likeness (QED) is 0.819. The third-order valence-corrected chi connectivity index (χ3v) is 3.89. The Morgan fingerprint density at radius 2 is 2.11 bits per heavy atom. The van der Waals surface area contributed by atoms with E-state index in [1.165, 1.54) is 25.1 Å². The molecule has 1 fully saturated rings. The third-order valence-electron chi connectivity index (χ3n) is 3.89. The maximum absolute atomic E-state index is 6.02. The van der Waals surface area contributed by atoms with E-state index in [9.17, 15) is 0 Å². The van der Waals surface area contributed by atoms with E-state index in [0.717, 1.165) is 24.0 Å². The maximum atomic E-state index is 6.02. The number of benzene rings is 1. The van der Waals surface area contributed by atoms with Gasteiger partial charge in [-0.3, -0.25) is 4.90 Å². The van der Waals surface area contributed by atoms with Crippen LogP contribution in [0.1, 0.15) is 18.9 Å². The highest BCUT2D eigenvalue weighted by Crippen LogP contribution is 2.33. The van der Waals surface area contributed by atoms with Crippen LogP contribution in [0.4, 0.5) is 0 Å². The molecule has 1 aromatic carbocycles. The van der Waals surface area contributed by atoms with Gasteiger partial charge in [0, 0.05) is 19.6 Å². The minimum absolute atomic E-state index is 0.178. The lowest BCUT2D eigenvalue weighted by Crippen LogP contribution is -2.51. The Labute approximate surface area is 109 Å². The summed E-state index contributed by atoms with van der Waals surface area (Å²) in [5.41, 5.74) is 1.22. The summed E-state index contributed by atoms with van der Waals surface area (Å²) in [6.07, 6.45) is 1.47. The van der Waals surface area contributed by atoms with Crippen LogP contribution in [0.3, 0.4) is 0 Å². The second-order valence-electron chi connectivity index (χ2n) is 5.49. The molecule has 1 unspecified atom stereocenters. The minimum Gasteiger partial charge on any atom is -0.486 e. The summed E-state index contributed by atoms with van der Waals surface area (Å²) >= 11 is 0. The summed E-state index contributed by atoms with van der Waals surface area (Å²) in [4.78, 5) is 2.46. The monoisotopic (exact) mass is 247 g/mol. The highest BCUT2D eigenvalue weighted by molar-refractivity contribution is 5.43. The van der Waals surface area contributed by atoms with Gasteiger partial charge in [0.2, 0.25) is 0 Å². The molecule has 3 rings (SSSR count). The summed E-state index contributed by atoms with van der Waals surface area (Å²) in [5.74, 6) is 2.68. The zero-order valence-corrected chi connectivity index (χ0v) is 11.2. The molecule has 3 heteroatoms. The molecule has 3 nitrogen and oxygen atoms in total. The predicted octanol–water partition coefficient (Wildman–Crippen LogP) is 2.48. The van der Waals surface area contributed by atoms with Crippen molar-refractivity contribution in [1.29, 1.82) is 0 Å². The summed E-state index contributed by atoms with van der Waals surface area (Å²) in [5, 5.41) is 0. The Kier molecular flexibility index (Phi) is 3.16. The number of hydrogen-bond acceptors (Lipinski definition) is 3. The molecule has 1 aromatic rings. The fraction of sp³-hybridized carbons (Fsp3) is 0.600. The van der Waals surface area contributed by atoms with Crippen LogP contribution < -0.4 is 9.47 Å². The second kappa shape index (κ2) is 4.81. The zero-order valence-electron chi connectivity index (χ0n) is 11.2. The van der Waals surface area contributed by atoms with Gasteiger partial charge in [0.1, 0.15) is 12.7 Å². The Balaban J connectivity index is 1.58. The molecular weight excluding hydrogens is 226 g/mol. The highest BCUT2D eigenvalue weighted by Gasteiger charge is 2.30. The van der Waals surface area contributed by atoms with Crippen molar-refractivity contribution in [2.45, 2.75) is 26.4 Å². The van der Waals surface area contributed by atoms with Gasteiger partial charge in [-0.25, -0.2) is 0 Å². The van der Waals surface area contributed by atoms with Crippen LogP contribution in [0.25, 0.3) is 0 Å². The molecule has 2 aliphatic heterocycles. The van der Waals surface area contributed by atoms with Crippen LogP contribution >= 0.6 is 0 Å². The van der Waals surface area contributed by atoms with Gasteiger partial charge in [-0.2, -0.15) is 0 Å². The molecule has 0 radical (unpaired) electrons. The topological polar surface area (TPSA) is 21.7 Å². The van der Waals surface area contributed by atoms with Gasteiger partial charge in [0.05, 0.1) is 0 Å². The summed E-state index contributed by atoms with van der Waals surface area (Å²) in [7, 11) is 0. The number of fused-ring (bicyclic) bond motifs is 1. The lowest BCUT2D eigenvalue weighted by atomic mass is 9.97. The fourth-order valence-corrected chi connectivity index (χ4v) is 2.68. The van der Waals surface area contributed by atoms with Gasteiger partial charge in [-0.05, 0) is 30.5 Å². The van der Waals surface area contributed by atoms with Crippen molar-refractivity contribution in [1.82, 2.24) is 4.90 Å². The molecule has 0 aromatic heterocycles. The molecule has 1 atom stereocenters. The number of aryl methyl sites for hydroxylation is 1. The average molecular weight is 247 g/mol. The smallest absolute Gasteiger partial charge is 0.162 e. The predicted molar refractivity (Wildman–Crippen MR) is 71.3 cm³/mol. The number of rotatable bonds is 3. The SMILES string of the molecule is CCC1CN(CC2COc3ccc(C)cc3O2)C1. The number of likely N-dealkylation sites (tertiary alicyclic amines) is 1. The van der Waals surface area contributed by atoms with E-state index in [1.807, 2.05) is 6.07 Å². The van der Waals surface area contributed by atoms with E-state index >= 15 is 0 Å². The van der Waals surface area contributed by atoms with Crippen molar-refractivity contribution in [3.8, 4) is 11.5 Å². The molecule has 98 valence electrons. The maximum Gasteiger partial charge on any atom is 0.162 e. The first kappa shape index (κ1) is 11.8. The molecule has 0 saturated carbocycles. The van der Waals surface area contributed by atoms with Gasteiger partial charge >= 0.3 is 0 Å². The summed E-state index contributed by atoms with van der Waals surface area (Å²) in [6.45, 7) is 8.44. The number of nitrogens with zero attached hydrogens (tertiary/aromatic N) is 1. The van der Waals surface area contributed by atoms with Crippen LogP contribution in [0.15, 0.2) is 18.2 Å². The molecule has 0 spiro atoms. The molecule has 0 aliphatic carbocycles. The molecule has 2 heterocycles. The van der Waals surface area contributed by atoms with Gasteiger partial charge in [-0.1, -0.05) is 19.4 Å². The van der Waals surface area contributed by atoms with Crippen molar-refractivity contribution in [3.63, 3.8) is 0 Å². The second-order valence-corrected chi connectivity index (χ2v) is 5.49. The zero-order chi connectivity index (χ0) is 12.5. The van der Waals surface area contributed by atoms with Crippen molar-refractivity contribution in [2.75, 3.05) is 26.2 Å². The largest absolute Gasteiger partial charge is 0.486 e. The molecule has 0 bridgehead atoms. The van der Waals surface area contributed by atoms with Crippen molar-refractivity contribution >= 4 is 0 Å². The lowest BCUT2D eigenvalue weighted by Gasteiger charge is -2.41. The van der Waals surface area contributed by atoms with Crippen molar-refractivity contribution in [3.05, 3.63) is 23.8 Å². The molecule has 18 heavy (non-hydrogen) atoms. The third kappa shape index (κ3) is 2.32. The van der Waals surface area contributed by atoms with E-state index in [1.54, 1.807) is 0 Å². The van der Waals surface area contributed by atoms with Gasteiger partial charge in [0.25, 0.3) is 0 Å². The van der Waals surface area contributed by atoms with E-state index in [0.29, 0.717) is 6.61 Å². The number of ether oxygens (including phenoxy) is 2. The molecule has 0 N–H and O–H groups in total. The molecule has 2 aliphatic rings. The van der Waals surface area contributed by atoms with Crippen LogP contribution in [-0.2, 0) is 0 Å². The Bertz CT molecular complexity index is 427. The van der Waals surface area contributed by atoms with Gasteiger partial charge in [-0.15, -0.1) is 0 Å². The highest BCUT2D eigenvalue weighted by atomic mass is 16.6. The normalized spacial score (nSPS) is 23.8. The number of hydrogen-bond donors (Lipinski definition) is 0. The van der Waals surface area contributed by atoms with Gasteiger partial charge < -0.3 is 9.47 Å². The van der Waals surface area contributed by atoms with E-state index < -0.39 is 0 Å². The first-order valence-corrected chi connectivity index (χ1v) is 6.87. The van der Waals surface area contributed by atoms with E-state index in [2.05, 4.69) is 30.9 Å². The minimum atomic E-state index is 0.178. The Morgan fingerprint density at radius 1 is 1.28 bits per heavy atom. The first-order chi connectivity index (χ1) is 8.74. The molecule has 1 saturated heterocycles. The molecular formula is C15H21NO2. The Hall–Kier alpha value is -1.22. The van der Waals surface area contributed by atoms with E-state index in [-0.39, 0.29) is 6.10 Å². The van der Waals surface area contributed by atoms with Crippen LogP contribution in [0, 0.1) is 12.8 Å². The summed E-state index contributed by atoms with van der Waals surface area (Å²) in [6, 6.07) is 6.12. The van der Waals surface area contributed by atoms with E-state index in [4.69, 9.17) is 9.47 Å². The van der Waals surface area contributed by atoms with Gasteiger partial charge in [0.15, 0.2) is 11.5 Å². The van der Waals surface area contributed by atoms with Crippen molar-refractivity contribution in [2.24, 2.45) is 5.92 Å². The van der Waals surface area contributed by atoms with Crippen molar-refractivity contribution < 1.29 is 9.47 Å². The lowest BCUT2D eigenvalue weighted by molar-refractivity contribution is 0.0156. The average Bonchev–Trinajstić information content (AvgIpc) is 2.32.